The Kier molecular flexibility index (Phi) is 4.22. The summed E-state index contributed by atoms with van der Waals surface area (Å²) in [4.78, 5) is 2.19. The quantitative estimate of drug-likeness (QED) is 0.740. The Morgan fingerprint density at radius 1 is 1.19 bits per heavy atom. The SMILES string of the molecule is C=C(NN=C1CCCCC1)N1CCOCC1. The lowest BCUT2D eigenvalue weighted by Crippen LogP contribution is -2.38. The molecule has 0 radical (unpaired) electrons. The van der Waals surface area contributed by atoms with Gasteiger partial charge in [0.25, 0.3) is 0 Å². The molecule has 2 aliphatic rings. The minimum absolute atomic E-state index is 0.789. The Hall–Kier alpha value is -1.03. The molecule has 16 heavy (non-hydrogen) atoms. The monoisotopic (exact) mass is 223 g/mol. The fraction of sp³-hybridized carbons (Fsp3) is 0.750. The number of nitrogens with zero attached hydrogens (tertiary/aromatic N) is 2. The molecule has 2 fully saturated rings. The topological polar surface area (TPSA) is 36.9 Å². The van der Waals surface area contributed by atoms with Crippen molar-refractivity contribution >= 4 is 5.71 Å². The van der Waals surface area contributed by atoms with Crippen LogP contribution in [0.25, 0.3) is 0 Å². The zero-order valence-corrected chi connectivity index (χ0v) is 9.87. The highest BCUT2D eigenvalue weighted by Gasteiger charge is 2.12. The van der Waals surface area contributed by atoms with Crippen LogP contribution < -0.4 is 5.43 Å². The molecule has 0 bridgehead atoms. The van der Waals surface area contributed by atoms with Gasteiger partial charge in [0.15, 0.2) is 0 Å². The van der Waals surface area contributed by atoms with E-state index < -0.39 is 0 Å². The molecule has 0 unspecified atom stereocenters. The van der Waals surface area contributed by atoms with E-state index in [0.717, 1.165) is 45.0 Å². The van der Waals surface area contributed by atoms with Crippen molar-refractivity contribution in [1.29, 1.82) is 0 Å². The summed E-state index contributed by atoms with van der Waals surface area (Å²) in [5, 5.41) is 4.44. The maximum Gasteiger partial charge on any atom is 0.115 e. The largest absolute Gasteiger partial charge is 0.378 e. The van der Waals surface area contributed by atoms with Gasteiger partial charge < -0.3 is 9.64 Å². The number of morpholine rings is 1. The summed E-state index contributed by atoms with van der Waals surface area (Å²) in [6, 6.07) is 0. The smallest absolute Gasteiger partial charge is 0.115 e. The molecule has 0 atom stereocenters. The zero-order valence-electron chi connectivity index (χ0n) is 9.87. The highest BCUT2D eigenvalue weighted by atomic mass is 16.5. The number of hydrogen-bond acceptors (Lipinski definition) is 4. The molecule has 0 aromatic carbocycles. The van der Waals surface area contributed by atoms with Crippen LogP contribution in [0.4, 0.5) is 0 Å². The number of hydrogen-bond donors (Lipinski definition) is 1. The number of hydrazone groups is 1. The van der Waals surface area contributed by atoms with Gasteiger partial charge in [0.2, 0.25) is 0 Å². The maximum absolute atomic E-state index is 5.30. The predicted octanol–water partition coefficient (Wildman–Crippen LogP) is 1.70. The first-order chi connectivity index (χ1) is 7.86. The average molecular weight is 223 g/mol. The normalized spacial score (nSPS) is 21.8. The Morgan fingerprint density at radius 2 is 1.88 bits per heavy atom. The zero-order chi connectivity index (χ0) is 11.2. The molecule has 1 heterocycles. The molecular weight excluding hydrogens is 202 g/mol. The Labute approximate surface area is 97.3 Å². The Balaban J connectivity index is 1.77. The van der Waals surface area contributed by atoms with Crippen LogP contribution in [0.1, 0.15) is 32.1 Å². The van der Waals surface area contributed by atoms with Crippen molar-refractivity contribution in [2.45, 2.75) is 32.1 Å². The van der Waals surface area contributed by atoms with Gasteiger partial charge in [-0.3, -0.25) is 5.43 Å². The van der Waals surface area contributed by atoms with E-state index in [-0.39, 0.29) is 0 Å². The second-order valence-electron chi connectivity index (χ2n) is 4.40. The summed E-state index contributed by atoms with van der Waals surface area (Å²) in [6.07, 6.45) is 6.20. The van der Waals surface area contributed by atoms with E-state index in [1.54, 1.807) is 0 Å². The van der Waals surface area contributed by atoms with E-state index in [0.29, 0.717) is 0 Å². The third-order valence-corrected chi connectivity index (χ3v) is 3.17. The minimum Gasteiger partial charge on any atom is -0.378 e. The third kappa shape index (κ3) is 3.23. The van der Waals surface area contributed by atoms with Crippen molar-refractivity contribution in [3.05, 3.63) is 12.4 Å². The van der Waals surface area contributed by atoms with Crippen LogP contribution in [0.15, 0.2) is 17.5 Å². The van der Waals surface area contributed by atoms with E-state index in [1.807, 2.05) is 0 Å². The molecule has 90 valence electrons. The standard InChI is InChI=1S/C12H21N3O/c1-11(15-7-9-16-10-8-15)13-14-12-5-3-2-4-6-12/h13H,1-10H2. The molecule has 2 rings (SSSR count). The van der Waals surface area contributed by atoms with E-state index in [4.69, 9.17) is 4.74 Å². The van der Waals surface area contributed by atoms with Crippen molar-refractivity contribution in [2.75, 3.05) is 26.3 Å². The summed E-state index contributed by atoms with van der Waals surface area (Å²) in [6.45, 7) is 7.42. The third-order valence-electron chi connectivity index (χ3n) is 3.17. The fourth-order valence-corrected chi connectivity index (χ4v) is 2.12. The van der Waals surface area contributed by atoms with Crippen LogP contribution >= 0.6 is 0 Å². The van der Waals surface area contributed by atoms with Crippen LogP contribution in [0, 0.1) is 0 Å². The highest BCUT2D eigenvalue weighted by Crippen LogP contribution is 2.14. The summed E-state index contributed by atoms with van der Waals surface area (Å²) < 4.78 is 5.30. The fourth-order valence-electron chi connectivity index (χ4n) is 2.12. The van der Waals surface area contributed by atoms with Crippen molar-refractivity contribution in [3.63, 3.8) is 0 Å². The van der Waals surface area contributed by atoms with Crippen molar-refractivity contribution in [2.24, 2.45) is 5.10 Å². The maximum atomic E-state index is 5.30. The summed E-state index contributed by atoms with van der Waals surface area (Å²) in [7, 11) is 0. The average Bonchev–Trinajstić information content (AvgIpc) is 2.38. The Morgan fingerprint density at radius 3 is 2.56 bits per heavy atom. The van der Waals surface area contributed by atoms with Gasteiger partial charge in [-0.1, -0.05) is 13.0 Å². The van der Waals surface area contributed by atoms with Crippen molar-refractivity contribution in [1.82, 2.24) is 10.3 Å². The lowest BCUT2D eigenvalue weighted by atomic mass is 9.99. The van der Waals surface area contributed by atoms with Gasteiger partial charge in [-0.2, -0.15) is 5.10 Å². The molecule has 1 saturated heterocycles. The number of ether oxygens (including phenoxy) is 1. The van der Waals surface area contributed by atoms with E-state index in [2.05, 4.69) is 22.0 Å². The van der Waals surface area contributed by atoms with Crippen molar-refractivity contribution < 1.29 is 4.74 Å². The molecule has 0 aromatic heterocycles. The van der Waals surface area contributed by atoms with E-state index >= 15 is 0 Å². The van der Waals surface area contributed by atoms with Gasteiger partial charge in [-0.05, 0) is 25.7 Å². The second-order valence-corrected chi connectivity index (χ2v) is 4.40. The first kappa shape index (κ1) is 11.5. The second kappa shape index (κ2) is 5.89. The molecule has 4 nitrogen and oxygen atoms in total. The van der Waals surface area contributed by atoms with Crippen LogP contribution in [0.3, 0.4) is 0 Å². The molecule has 1 saturated carbocycles. The van der Waals surface area contributed by atoms with Crippen LogP contribution in [-0.4, -0.2) is 36.9 Å². The van der Waals surface area contributed by atoms with Gasteiger partial charge in [0.1, 0.15) is 5.82 Å². The molecule has 1 N–H and O–H groups in total. The number of rotatable bonds is 3. The first-order valence-electron chi connectivity index (χ1n) is 6.19. The lowest BCUT2D eigenvalue weighted by Gasteiger charge is -2.29. The van der Waals surface area contributed by atoms with Gasteiger partial charge in [-0.15, -0.1) is 0 Å². The van der Waals surface area contributed by atoms with Crippen LogP contribution in [0.5, 0.6) is 0 Å². The molecule has 0 amide bonds. The van der Waals surface area contributed by atoms with Crippen LogP contribution in [-0.2, 0) is 4.74 Å². The van der Waals surface area contributed by atoms with Gasteiger partial charge in [0, 0.05) is 18.8 Å². The number of nitrogens with one attached hydrogen (secondary N) is 1. The van der Waals surface area contributed by atoms with Gasteiger partial charge in [-0.25, -0.2) is 0 Å². The predicted molar refractivity (Wildman–Crippen MR) is 65.2 cm³/mol. The molecule has 4 heteroatoms. The molecule has 0 aromatic rings. The molecule has 1 aliphatic heterocycles. The summed E-state index contributed by atoms with van der Waals surface area (Å²) in [5.41, 5.74) is 4.38. The minimum atomic E-state index is 0.789. The summed E-state index contributed by atoms with van der Waals surface area (Å²) >= 11 is 0. The van der Waals surface area contributed by atoms with E-state index in [1.165, 1.54) is 25.0 Å². The van der Waals surface area contributed by atoms with Gasteiger partial charge >= 0.3 is 0 Å². The highest BCUT2D eigenvalue weighted by molar-refractivity contribution is 5.84. The summed E-state index contributed by atoms with van der Waals surface area (Å²) in [5.74, 6) is 0.904. The molecular formula is C12H21N3O. The molecule has 1 aliphatic carbocycles. The van der Waals surface area contributed by atoms with Gasteiger partial charge in [0.05, 0.1) is 13.2 Å². The van der Waals surface area contributed by atoms with E-state index in [9.17, 15) is 0 Å². The lowest BCUT2D eigenvalue weighted by molar-refractivity contribution is 0.0507. The van der Waals surface area contributed by atoms with Crippen molar-refractivity contribution in [3.8, 4) is 0 Å². The first-order valence-corrected chi connectivity index (χ1v) is 6.19. The molecule has 0 spiro atoms. The van der Waals surface area contributed by atoms with Crippen LogP contribution in [0.2, 0.25) is 0 Å². The Bertz CT molecular complexity index is 261.